The molecule has 0 bridgehead atoms. The van der Waals surface area contributed by atoms with Crippen LogP contribution in [0.15, 0.2) is 72.8 Å². The van der Waals surface area contributed by atoms with Gasteiger partial charge in [-0.25, -0.2) is 4.39 Å². The van der Waals surface area contributed by atoms with Crippen molar-refractivity contribution in [2.75, 3.05) is 18.5 Å². The Hall–Kier alpha value is -3.67. The van der Waals surface area contributed by atoms with Gasteiger partial charge in [0.2, 0.25) is 5.91 Å². The molecule has 2 atom stereocenters. The molecule has 35 heavy (non-hydrogen) atoms. The maximum atomic E-state index is 13.7. The highest BCUT2D eigenvalue weighted by molar-refractivity contribution is 5.96. The Morgan fingerprint density at radius 3 is 2.43 bits per heavy atom. The van der Waals surface area contributed by atoms with Gasteiger partial charge in [0, 0.05) is 25.2 Å². The van der Waals surface area contributed by atoms with E-state index in [4.69, 9.17) is 4.74 Å². The fourth-order valence-electron chi connectivity index (χ4n) is 4.78. The predicted octanol–water partition coefficient (Wildman–Crippen LogP) is 5.14. The van der Waals surface area contributed by atoms with Gasteiger partial charge in [-0.05, 0) is 79.3 Å². The summed E-state index contributed by atoms with van der Waals surface area (Å²) in [5.74, 6) is 0.347. The lowest BCUT2D eigenvalue weighted by atomic mass is 9.87. The molecular formula is C29H29FN2O3. The normalized spacial score (nSPS) is 17.9. The zero-order valence-corrected chi connectivity index (χ0v) is 20.0. The molecule has 180 valence electrons. The lowest BCUT2D eigenvalue weighted by molar-refractivity contribution is -0.134. The first kappa shape index (κ1) is 23.1. The van der Waals surface area contributed by atoms with Crippen molar-refractivity contribution in [2.24, 2.45) is 5.92 Å². The van der Waals surface area contributed by atoms with Crippen molar-refractivity contribution in [3.05, 3.63) is 95.3 Å². The maximum absolute atomic E-state index is 13.7. The molecule has 3 aromatic rings. The van der Waals surface area contributed by atoms with Crippen LogP contribution in [0.5, 0.6) is 5.75 Å². The molecule has 0 spiro atoms. The van der Waals surface area contributed by atoms with Crippen molar-refractivity contribution in [3.8, 4) is 5.75 Å². The van der Waals surface area contributed by atoms with Gasteiger partial charge >= 0.3 is 0 Å². The first-order valence-electron chi connectivity index (χ1n) is 12.1. The number of carbonyl (C=O) groups excluding carboxylic acids is 2. The highest BCUT2D eigenvalue weighted by Crippen LogP contribution is 2.41. The summed E-state index contributed by atoms with van der Waals surface area (Å²) in [7, 11) is 1.73. The maximum Gasteiger partial charge on any atom is 0.267 e. The number of carbonyl (C=O) groups is 2. The monoisotopic (exact) mass is 472 g/mol. The Labute approximate surface area is 205 Å². The van der Waals surface area contributed by atoms with Crippen LogP contribution < -0.4 is 9.64 Å². The van der Waals surface area contributed by atoms with Gasteiger partial charge in [0.05, 0.1) is 6.04 Å². The van der Waals surface area contributed by atoms with Crippen LogP contribution >= 0.6 is 0 Å². The van der Waals surface area contributed by atoms with Gasteiger partial charge in [0.1, 0.15) is 11.6 Å². The third-order valence-corrected chi connectivity index (χ3v) is 6.88. The number of rotatable bonds is 6. The number of hydrogen-bond donors (Lipinski definition) is 0. The summed E-state index contributed by atoms with van der Waals surface area (Å²) in [6, 6.07) is 21.3. The fourth-order valence-corrected chi connectivity index (χ4v) is 4.78. The van der Waals surface area contributed by atoms with Crippen molar-refractivity contribution in [1.82, 2.24) is 4.90 Å². The molecule has 1 heterocycles. The summed E-state index contributed by atoms with van der Waals surface area (Å²) in [5.41, 5.74) is 3.76. The topological polar surface area (TPSA) is 49.9 Å². The lowest BCUT2D eigenvalue weighted by Gasteiger charge is -2.38. The first-order chi connectivity index (χ1) is 16.9. The van der Waals surface area contributed by atoms with E-state index in [1.54, 1.807) is 31.0 Å². The van der Waals surface area contributed by atoms with Crippen molar-refractivity contribution < 1.29 is 18.7 Å². The van der Waals surface area contributed by atoms with E-state index >= 15 is 0 Å². The van der Waals surface area contributed by atoms with Crippen LogP contribution in [0, 0.1) is 11.7 Å². The Kier molecular flexibility index (Phi) is 6.29. The Bertz CT molecular complexity index is 1220. The minimum atomic E-state index is -0.699. The lowest BCUT2D eigenvalue weighted by Crippen LogP contribution is -2.41. The van der Waals surface area contributed by atoms with Gasteiger partial charge in [-0.15, -0.1) is 0 Å². The number of para-hydroxylation sites is 1. The molecule has 1 aliphatic carbocycles. The summed E-state index contributed by atoms with van der Waals surface area (Å²) in [6.45, 7) is 2.36. The highest BCUT2D eigenvalue weighted by atomic mass is 19.1. The van der Waals surface area contributed by atoms with Crippen molar-refractivity contribution in [2.45, 2.75) is 38.3 Å². The van der Waals surface area contributed by atoms with E-state index in [0.29, 0.717) is 12.3 Å². The summed E-state index contributed by atoms with van der Waals surface area (Å²) in [4.78, 5) is 29.7. The molecule has 0 radical (unpaired) electrons. The largest absolute Gasteiger partial charge is 0.481 e. The van der Waals surface area contributed by atoms with E-state index in [9.17, 15) is 14.0 Å². The summed E-state index contributed by atoms with van der Waals surface area (Å²) in [6.07, 6.45) is 1.90. The van der Waals surface area contributed by atoms with Crippen LogP contribution in [-0.2, 0) is 16.0 Å². The first-order valence-corrected chi connectivity index (χ1v) is 12.1. The highest BCUT2D eigenvalue weighted by Gasteiger charge is 2.39. The molecule has 0 N–H and O–H groups in total. The SMILES string of the molecule is C[C@@H](Oc1ccc2c(c1)[C@@H](c1ccc(F)cc1)N(C(=O)C1CC1)CC2)C(=O)N(C)c1ccccc1. The molecule has 5 rings (SSSR count). The molecule has 0 saturated heterocycles. The van der Waals surface area contributed by atoms with Crippen LogP contribution in [0.25, 0.3) is 0 Å². The number of hydrogen-bond acceptors (Lipinski definition) is 3. The van der Waals surface area contributed by atoms with E-state index in [1.165, 1.54) is 12.1 Å². The second-order valence-electron chi connectivity index (χ2n) is 9.36. The van der Waals surface area contributed by atoms with E-state index in [0.717, 1.165) is 41.6 Å². The molecule has 1 aliphatic heterocycles. The molecule has 0 aromatic heterocycles. The van der Waals surface area contributed by atoms with Crippen molar-refractivity contribution in [1.29, 1.82) is 0 Å². The minimum Gasteiger partial charge on any atom is -0.481 e. The number of fused-ring (bicyclic) bond motifs is 1. The molecule has 0 unspecified atom stereocenters. The van der Waals surface area contributed by atoms with Crippen LogP contribution in [0.4, 0.5) is 10.1 Å². The molecule has 1 saturated carbocycles. The van der Waals surface area contributed by atoms with E-state index < -0.39 is 6.10 Å². The number of likely N-dealkylation sites (N-methyl/N-ethyl adjacent to an activating group) is 1. The third kappa shape index (κ3) is 4.78. The zero-order chi connectivity index (χ0) is 24.5. The Morgan fingerprint density at radius 2 is 1.74 bits per heavy atom. The predicted molar refractivity (Wildman–Crippen MR) is 133 cm³/mol. The summed E-state index contributed by atoms with van der Waals surface area (Å²) in [5, 5.41) is 0. The summed E-state index contributed by atoms with van der Waals surface area (Å²) >= 11 is 0. The van der Waals surface area contributed by atoms with Gasteiger partial charge < -0.3 is 14.5 Å². The van der Waals surface area contributed by atoms with Gasteiger partial charge in [-0.1, -0.05) is 36.4 Å². The molecule has 5 nitrogen and oxygen atoms in total. The number of anilines is 1. The van der Waals surface area contributed by atoms with E-state index in [2.05, 4.69) is 0 Å². The second-order valence-corrected chi connectivity index (χ2v) is 9.36. The third-order valence-electron chi connectivity index (χ3n) is 6.88. The number of ether oxygens (including phenoxy) is 1. The molecule has 6 heteroatoms. The smallest absolute Gasteiger partial charge is 0.267 e. The van der Waals surface area contributed by atoms with Gasteiger partial charge in [-0.3, -0.25) is 9.59 Å². The molecule has 3 aromatic carbocycles. The van der Waals surface area contributed by atoms with E-state index in [-0.39, 0.29) is 29.6 Å². The van der Waals surface area contributed by atoms with Gasteiger partial charge in [-0.2, -0.15) is 0 Å². The molecule has 2 aliphatic rings. The van der Waals surface area contributed by atoms with Crippen molar-refractivity contribution in [3.63, 3.8) is 0 Å². The number of nitrogens with zero attached hydrogens (tertiary/aromatic N) is 2. The second kappa shape index (κ2) is 9.53. The summed E-state index contributed by atoms with van der Waals surface area (Å²) < 4.78 is 19.8. The standard InChI is InChI=1S/C29H29FN2O3/c1-19(28(33)31(2)24-6-4-3-5-7-24)35-25-15-12-20-16-17-32(29(34)22-8-9-22)27(26(20)18-25)21-10-13-23(30)14-11-21/h3-7,10-15,18-19,22,27H,8-9,16-17H2,1-2H3/t19-,27-/m1/s1. The fraction of sp³-hybridized carbons (Fsp3) is 0.310. The van der Waals surface area contributed by atoms with Crippen LogP contribution in [0.3, 0.4) is 0 Å². The molecule has 1 fully saturated rings. The molecular weight excluding hydrogens is 443 g/mol. The average Bonchev–Trinajstić information content (AvgIpc) is 3.73. The number of benzene rings is 3. The van der Waals surface area contributed by atoms with E-state index in [1.807, 2.05) is 53.4 Å². The average molecular weight is 473 g/mol. The zero-order valence-electron chi connectivity index (χ0n) is 20.0. The number of halogens is 1. The van der Waals surface area contributed by atoms with Gasteiger partial charge in [0.25, 0.3) is 5.91 Å². The number of amides is 2. The minimum absolute atomic E-state index is 0.0881. The van der Waals surface area contributed by atoms with Crippen molar-refractivity contribution >= 4 is 17.5 Å². The van der Waals surface area contributed by atoms with Crippen LogP contribution in [0.1, 0.15) is 42.5 Å². The van der Waals surface area contributed by atoms with Gasteiger partial charge in [0.15, 0.2) is 6.10 Å². The van der Waals surface area contributed by atoms with Crippen LogP contribution in [0.2, 0.25) is 0 Å². The molecule has 2 amide bonds. The Balaban J connectivity index is 1.43. The quantitative estimate of drug-likeness (QED) is 0.499. The van der Waals surface area contributed by atoms with Crippen LogP contribution in [-0.4, -0.2) is 36.4 Å². The Morgan fingerprint density at radius 1 is 1.03 bits per heavy atom.